The van der Waals surface area contributed by atoms with Crippen LogP contribution in [0, 0.1) is 0 Å². The van der Waals surface area contributed by atoms with Crippen molar-refractivity contribution in [3.63, 3.8) is 0 Å². The van der Waals surface area contributed by atoms with Gasteiger partial charge in [-0.2, -0.15) is 0 Å². The second kappa shape index (κ2) is 9.13. The van der Waals surface area contributed by atoms with Gasteiger partial charge in [0.05, 0.1) is 11.7 Å². The van der Waals surface area contributed by atoms with Gasteiger partial charge in [-0.3, -0.25) is 9.71 Å². The van der Waals surface area contributed by atoms with Crippen LogP contribution >= 0.6 is 11.9 Å². The quantitative estimate of drug-likeness (QED) is 0.597. The van der Waals surface area contributed by atoms with Crippen LogP contribution in [0.15, 0.2) is 72.0 Å². The standard InChI is InChI=1S/C22H24N4S/c1-2-13-23-21(8-1)27-26-16-18-11-9-17(10-12-18)15-25-20-7-3-5-19-6-4-14-24-22(19)20/h1-2,4,6,8-14,20,25-26H,3,5,7,15-16H2. The number of nitrogens with zero attached hydrogens (tertiary/aromatic N) is 2. The van der Waals surface area contributed by atoms with Crippen molar-refractivity contribution in [2.75, 3.05) is 0 Å². The van der Waals surface area contributed by atoms with Crippen molar-refractivity contribution >= 4 is 11.9 Å². The molecule has 0 aliphatic heterocycles. The first-order chi connectivity index (χ1) is 13.4. The maximum atomic E-state index is 4.61. The van der Waals surface area contributed by atoms with Gasteiger partial charge in [-0.05, 0) is 66.1 Å². The second-order valence-corrected chi connectivity index (χ2v) is 7.69. The van der Waals surface area contributed by atoms with Gasteiger partial charge in [0.1, 0.15) is 5.03 Å². The van der Waals surface area contributed by atoms with Gasteiger partial charge in [-0.25, -0.2) is 4.98 Å². The molecule has 2 aromatic heterocycles. The Morgan fingerprint density at radius 3 is 2.52 bits per heavy atom. The largest absolute Gasteiger partial charge is 0.305 e. The molecule has 27 heavy (non-hydrogen) atoms. The zero-order valence-corrected chi connectivity index (χ0v) is 16.1. The van der Waals surface area contributed by atoms with Crippen LogP contribution in [0.3, 0.4) is 0 Å². The molecule has 1 aliphatic carbocycles. The number of pyridine rings is 2. The third-order valence-corrected chi connectivity index (χ3v) is 5.60. The van der Waals surface area contributed by atoms with Crippen LogP contribution in [0.5, 0.6) is 0 Å². The van der Waals surface area contributed by atoms with Crippen LogP contribution in [0.2, 0.25) is 0 Å². The molecule has 2 heterocycles. The SMILES string of the molecule is c1ccc(SNCc2ccc(CNC3CCCc4cccnc43)cc2)nc1. The predicted molar refractivity (Wildman–Crippen MR) is 110 cm³/mol. The van der Waals surface area contributed by atoms with E-state index in [-0.39, 0.29) is 0 Å². The number of aryl methyl sites for hydroxylation is 1. The van der Waals surface area contributed by atoms with E-state index < -0.39 is 0 Å². The number of benzene rings is 1. The van der Waals surface area contributed by atoms with Gasteiger partial charge in [-0.1, -0.05) is 36.4 Å². The highest BCUT2D eigenvalue weighted by molar-refractivity contribution is 7.97. The molecule has 3 aromatic rings. The lowest BCUT2D eigenvalue weighted by Crippen LogP contribution is -2.25. The molecule has 0 spiro atoms. The van der Waals surface area contributed by atoms with Crippen molar-refractivity contribution in [3.8, 4) is 0 Å². The van der Waals surface area contributed by atoms with Gasteiger partial charge >= 0.3 is 0 Å². The van der Waals surface area contributed by atoms with Crippen molar-refractivity contribution < 1.29 is 0 Å². The minimum absolute atomic E-state index is 0.367. The summed E-state index contributed by atoms with van der Waals surface area (Å²) in [4.78, 5) is 8.90. The number of hydrogen-bond donors (Lipinski definition) is 2. The Balaban J connectivity index is 1.27. The minimum atomic E-state index is 0.367. The summed E-state index contributed by atoms with van der Waals surface area (Å²) in [6.45, 7) is 1.69. The van der Waals surface area contributed by atoms with Gasteiger partial charge in [0.15, 0.2) is 0 Å². The summed E-state index contributed by atoms with van der Waals surface area (Å²) < 4.78 is 3.36. The number of aromatic nitrogens is 2. The Hall–Kier alpha value is -2.21. The number of rotatable bonds is 7. The molecular formula is C22H24N4S. The van der Waals surface area contributed by atoms with Crippen molar-refractivity contribution in [1.82, 2.24) is 20.0 Å². The maximum Gasteiger partial charge on any atom is 0.111 e. The summed E-state index contributed by atoms with van der Waals surface area (Å²) in [5, 5.41) is 4.67. The van der Waals surface area contributed by atoms with Crippen molar-refractivity contribution in [2.45, 2.75) is 43.4 Å². The molecule has 1 aromatic carbocycles. The molecule has 138 valence electrons. The fourth-order valence-corrected chi connectivity index (χ4v) is 4.07. The number of fused-ring (bicyclic) bond motifs is 1. The minimum Gasteiger partial charge on any atom is -0.305 e. The molecular weight excluding hydrogens is 352 g/mol. The Morgan fingerprint density at radius 1 is 0.889 bits per heavy atom. The summed E-state index contributed by atoms with van der Waals surface area (Å²) >= 11 is 1.56. The zero-order valence-electron chi connectivity index (χ0n) is 15.3. The molecule has 4 nitrogen and oxygen atoms in total. The van der Waals surface area contributed by atoms with Gasteiger partial charge < -0.3 is 5.32 Å². The second-order valence-electron chi connectivity index (χ2n) is 6.78. The first-order valence-electron chi connectivity index (χ1n) is 9.44. The topological polar surface area (TPSA) is 49.8 Å². The molecule has 1 unspecified atom stereocenters. The highest BCUT2D eigenvalue weighted by atomic mass is 32.2. The highest BCUT2D eigenvalue weighted by Crippen LogP contribution is 2.27. The summed E-state index contributed by atoms with van der Waals surface area (Å²) in [5.41, 5.74) is 5.20. The summed E-state index contributed by atoms with van der Waals surface area (Å²) in [6.07, 6.45) is 7.26. The third kappa shape index (κ3) is 4.95. The normalized spacial score (nSPS) is 16.1. The van der Waals surface area contributed by atoms with Crippen molar-refractivity contribution in [2.24, 2.45) is 0 Å². The maximum absolute atomic E-state index is 4.61. The molecule has 0 saturated heterocycles. The zero-order chi connectivity index (χ0) is 18.3. The van der Waals surface area contributed by atoms with Gasteiger partial charge in [0.2, 0.25) is 0 Å². The summed E-state index contributed by atoms with van der Waals surface area (Å²) in [5.74, 6) is 0. The van der Waals surface area contributed by atoms with E-state index in [0.717, 1.165) is 31.0 Å². The van der Waals surface area contributed by atoms with Crippen LogP contribution in [-0.2, 0) is 19.5 Å². The van der Waals surface area contributed by atoms with E-state index in [0.29, 0.717) is 6.04 Å². The van der Waals surface area contributed by atoms with Crippen LogP contribution in [0.1, 0.15) is 41.3 Å². The lowest BCUT2D eigenvalue weighted by Gasteiger charge is -2.25. The monoisotopic (exact) mass is 376 g/mol. The third-order valence-electron chi connectivity index (χ3n) is 4.86. The molecule has 0 bridgehead atoms. The van der Waals surface area contributed by atoms with E-state index in [9.17, 15) is 0 Å². The molecule has 0 amide bonds. The van der Waals surface area contributed by atoms with Crippen LogP contribution in [0.25, 0.3) is 0 Å². The first-order valence-corrected chi connectivity index (χ1v) is 10.3. The molecule has 5 heteroatoms. The van der Waals surface area contributed by atoms with Crippen molar-refractivity contribution in [3.05, 3.63) is 89.4 Å². The molecule has 0 saturated carbocycles. The Morgan fingerprint density at radius 2 is 1.70 bits per heavy atom. The molecule has 1 aliphatic rings. The predicted octanol–water partition coefficient (Wildman–Crippen LogP) is 4.44. The molecule has 4 rings (SSSR count). The van der Waals surface area contributed by atoms with E-state index in [4.69, 9.17) is 0 Å². The molecule has 2 N–H and O–H groups in total. The van der Waals surface area contributed by atoms with Gasteiger partial charge in [-0.15, -0.1) is 0 Å². The Bertz CT molecular complexity index is 852. The Kier molecular flexibility index (Phi) is 6.14. The number of hydrogen-bond acceptors (Lipinski definition) is 5. The fraction of sp³-hybridized carbons (Fsp3) is 0.273. The molecule has 0 radical (unpaired) electrons. The van der Waals surface area contributed by atoms with Gasteiger partial charge in [0.25, 0.3) is 0 Å². The summed E-state index contributed by atoms with van der Waals surface area (Å²) in [6, 6.07) is 19.3. The van der Waals surface area contributed by atoms with Crippen LogP contribution < -0.4 is 10.0 Å². The van der Waals surface area contributed by atoms with E-state index in [1.54, 1.807) is 11.9 Å². The van der Waals surface area contributed by atoms with Crippen molar-refractivity contribution in [1.29, 1.82) is 0 Å². The fourth-order valence-electron chi connectivity index (χ4n) is 3.42. The van der Waals surface area contributed by atoms with E-state index in [1.165, 1.54) is 28.8 Å². The van der Waals surface area contributed by atoms with E-state index >= 15 is 0 Å². The van der Waals surface area contributed by atoms with Crippen LogP contribution in [-0.4, -0.2) is 9.97 Å². The smallest absolute Gasteiger partial charge is 0.111 e. The first kappa shape index (κ1) is 18.2. The molecule has 1 atom stereocenters. The Labute approximate surface area is 165 Å². The number of nitrogens with one attached hydrogen (secondary N) is 2. The average molecular weight is 377 g/mol. The average Bonchev–Trinajstić information content (AvgIpc) is 2.74. The van der Waals surface area contributed by atoms with Crippen LogP contribution in [0.4, 0.5) is 0 Å². The summed E-state index contributed by atoms with van der Waals surface area (Å²) in [7, 11) is 0. The highest BCUT2D eigenvalue weighted by Gasteiger charge is 2.20. The lowest BCUT2D eigenvalue weighted by molar-refractivity contribution is 0.447. The molecule has 0 fully saturated rings. The van der Waals surface area contributed by atoms with Gasteiger partial charge in [0, 0.05) is 25.5 Å². The van der Waals surface area contributed by atoms with E-state index in [1.807, 2.05) is 36.7 Å². The van der Waals surface area contributed by atoms with E-state index in [2.05, 4.69) is 50.3 Å². The lowest BCUT2D eigenvalue weighted by atomic mass is 9.92.